The van der Waals surface area contributed by atoms with Crippen LogP contribution in [-0.4, -0.2) is 30.5 Å². The summed E-state index contributed by atoms with van der Waals surface area (Å²) in [5, 5.41) is 2.45. The largest absolute Gasteiger partial charge is 0.309 e. The van der Waals surface area contributed by atoms with Crippen molar-refractivity contribution in [2.45, 2.75) is 25.7 Å². The number of aliphatic imine (C=N–C) groups is 2. The molecule has 0 saturated heterocycles. The lowest BCUT2D eigenvalue weighted by atomic mass is 9.97. The summed E-state index contributed by atoms with van der Waals surface area (Å²) in [5.41, 5.74) is 13.9. The Balaban J connectivity index is 0.893. The maximum atomic E-state index is 5.10. The molecule has 0 aliphatic carbocycles. The fourth-order valence-electron chi connectivity index (χ4n) is 6.98. The molecular weight excluding hydrogens is 540 g/mol. The van der Waals surface area contributed by atoms with Gasteiger partial charge in [0, 0.05) is 61.6 Å². The van der Waals surface area contributed by atoms with Crippen LogP contribution in [0.5, 0.6) is 0 Å². The zero-order valence-electron chi connectivity index (χ0n) is 23.9. The summed E-state index contributed by atoms with van der Waals surface area (Å²) >= 11 is 0. The SMILES string of the molecule is C1=C(C2=Nc3cc4cc5c(cc4cc3C2)N=C(C2=Cn3cc(-c4ccccc4)nc3C2)C5)Cc2nc(-c3ccccc3)cn21. The summed E-state index contributed by atoms with van der Waals surface area (Å²) in [6.07, 6.45) is 12.0. The van der Waals surface area contributed by atoms with Crippen LogP contribution in [0.15, 0.2) is 118 Å². The van der Waals surface area contributed by atoms with Gasteiger partial charge in [0.1, 0.15) is 11.6 Å². The Morgan fingerprint density at radius 2 is 0.955 bits per heavy atom. The van der Waals surface area contributed by atoms with Crippen LogP contribution < -0.4 is 0 Å². The smallest absolute Gasteiger partial charge is 0.118 e. The Morgan fingerprint density at radius 3 is 1.39 bits per heavy atom. The lowest BCUT2D eigenvalue weighted by molar-refractivity contribution is 1.01. The summed E-state index contributed by atoms with van der Waals surface area (Å²) in [4.78, 5) is 20.0. The van der Waals surface area contributed by atoms with Crippen molar-refractivity contribution < 1.29 is 0 Å². The van der Waals surface area contributed by atoms with Crippen molar-refractivity contribution in [3.8, 4) is 22.5 Å². The lowest BCUT2D eigenvalue weighted by Crippen LogP contribution is -2.03. The second-order valence-electron chi connectivity index (χ2n) is 12.1. The summed E-state index contributed by atoms with van der Waals surface area (Å²) in [5.74, 6) is 2.15. The summed E-state index contributed by atoms with van der Waals surface area (Å²) < 4.78 is 4.32. The van der Waals surface area contributed by atoms with Crippen molar-refractivity contribution in [2.24, 2.45) is 9.98 Å². The van der Waals surface area contributed by atoms with E-state index in [1.165, 1.54) is 33.0 Å². The Kier molecular flexibility index (Phi) is 4.86. The van der Waals surface area contributed by atoms with Gasteiger partial charge in [-0.15, -0.1) is 0 Å². The molecule has 10 rings (SSSR count). The zero-order valence-corrected chi connectivity index (χ0v) is 23.9. The minimum atomic E-state index is 0.814. The van der Waals surface area contributed by atoms with Crippen LogP contribution in [-0.2, 0) is 25.7 Å². The molecule has 4 aliphatic heterocycles. The average Bonchev–Trinajstić information content (AvgIpc) is 3.88. The molecule has 0 spiro atoms. The van der Waals surface area contributed by atoms with Gasteiger partial charge in [-0.1, -0.05) is 60.7 Å². The van der Waals surface area contributed by atoms with Crippen molar-refractivity contribution in [3.05, 3.63) is 131 Å². The maximum Gasteiger partial charge on any atom is 0.118 e. The first-order chi connectivity index (χ1) is 21.7. The fraction of sp³-hybridized carbons (Fsp3) is 0.105. The first-order valence-corrected chi connectivity index (χ1v) is 15.1. The highest BCUT2D eigenvalue weighted by molar-refractivity contribution is 6.12. The van der Waals surface area contributed by atoms with Gasteiger partial charge in [0.15, 0.2) is 0 Å². The third kappa shape index (κ3) is 3.74. The molecule has 0 N–H and O–H groups in total. The fourth-order valence-corrected chi connectivity index (χ4v) is 6.98. The third-order valence-corrected chi connectivity index (χ3v) is 9.25. The van der Waals surface area contributed by atoms with Gasteiger partial charge in [-0.2, -0.15) is 0 Å². The molecule has 0 saturated carbocycles. The number of imidazole rings is 2. The van der Waals surface area contributed by atoms with E-state index in [4.69, 9.17) is 20.0 Å². The Labute approximate surface area is 254 Å². The molecule has 6 nitrogen and oxygen atoms in total. The van der Waals surface area contributed by atoms with Gasteiger partial charge < -0.3 is 9.13 Å². The number of aromatic nitrogens is 4. The zero-order chi connectivity index (χ0) is 28.8. The van der Waals surface area contributed by atoms with E-state index in [2.05, 4.69) is 107 Å². The molecule has 208 valence electrons. The number of nitrogens with zero attached hydrogens (tertiary/aromatic N) is 6. The molecule has 0 amide bonds. The minimum absolute atomic E-state index is 0.814. The maximum absolute atomic E-state index is 5.10. The molecule has 4 aromatic carbocycles. The first kappa shape index (κ1) is 23.9. The molecule has 4 aliphatic rings. The van der Waals surface area contributed by atoms with E-state index >= 15 is 0 Å². The number of fused-ring (bicyclic) bond motifs is 5. The summed E-state index contributed by atoms with van der Waals surface area (Å²) in [7, 11) is 0. The van der Waals surface area contributed by atoms with Gasteiger partial charge in [0.25, 0.3) is 0 Å². The van der Waals surface area contributed by atoms with Crippen molar-refractivity contribution >= 4 is 46.0 Å². The van der Waals surface area contributed by atoms with Crippen molar-refractivity contribution in [1.29, 1.82) is 0 Å². The Bertz CT molecular complexity index is 2150. The highest BCUT2D eigenvalue weighted by atomic mass is 15.1. The summed E-state index contributed by atoms with van der Waals surface area (Å²) in [6, 6.07) is 29.9. The normalized spacial score (nSPS) is 15.9. The van der Waals surface area contributed by atoms with E-state index in [0.29, 0.717) is 0 Å². The minimum Gasteiger partial charge on any atom is -0.309 e. The van der Waals surface area contributed by atoms with Crippen LogP contribution in [0.3, 0.4) is 0 Å². The van der Waals surface area contributed by atoms with Crippen LogP contribution >= 0.6 is 0 Å². The highest BCUT2D eigenvalue weighted by Gasteiger charge is 2.27. The van der Waals surface area contributed by atoms with E-state index in [0.717, 1.165) is 82.6 Å². The molecule has 2 aromatic heterocycles. The molecule has 0 fully saturated rings. The van der Waals surface area contributed by atoms with E-state index < -0.39 is 0 Å². The standard InChI is InChI=1S/C38H26N6/c1-3-7-23(8-4-1)35-21-43-19-29(17-37(43)41-35)33-15-27-11-25-14-32-28(12-26(25)13-31(27)39-33)16-34(40-32)30-18-38-42-36(22-44(38)20-30)24-9-5-2-6-10-24/h1-14,19-22H,15-18H2. The van der Waals surface area contributed by atoms with Crippen molar-refractivity contribution in [1.82, 2.24) is 19.1 Å². The number of hydrogen-bond acceptors (Lipinski definition) is 4. The van der Waals surface area contributed by atoms with Gasteiger partial charge in [-0.3, -0.25) is 9.98 Å². The molecule has 0 radical (unpaired) electrons. The molecule has 0 atom stereocenters. The first-order valence-electron chi connectivity index (χ1n) is 15.1. The van der Waals surface area contributed by atoms with Gasteiger partial charge in [-0.05, 0) is 57.3 Å². The Morgan fingerprint density at radius 1 is 0.500 bits per heavy atom. The average molecular weight is 567 g/mol. The van der Waals surface area contributed by atoms with Crippen molar-refractivity contribution in [3.63, 3.8) is 0 Å². The second-order valence-corrected chi connectivity index (χ2v) is 12.1. The van der Waals surface area contributed by atoms with Crippen LogP contribution in [0.4, 0.5) is 11.4 Å². The Hall–Kier alpha value is -5.62. The molecule has 0 bridgehead atoms. The van der Waals surface area contributed by atoms with Gasteiger partial charge in [-0.25, -0.2) is 9.97 Å². The van der Waals surface area contributed by atoms with Crippen LogP contribution in [0.1, 0.15) is 22.8 Å². The van der Waals surface area contributed by atoms with Crippen LogP contribution in [0.2, 0.25) is 0 Å². The van der Waals surface area contributed by atoms with Gasteiger partial charge in [0.05, 0.1) is 34.2 Å². The van der Waals surface area contributed by atoms with E-state index in [9.17, 15) is 0 Å². The predicted molar refractivity (Wildman–Crippen MR) is 177 cm³/mol. The predicted octanol–water partition coefficient (Wildman–Crippen LogP) is 8.02. The number of rotatable bonds is 4. The molecule has 6 aromatic rings. The highest BCUT2D eigenvalue weighted by Crippen LogP contribution is 2.40. The number of hydrogen-bond donors (Lipinski definition) is 0. The molecule has 44 heavy (non-hydrogen) atoms. The summed E-state index contributed by atoms with van der Waals surface area (Å²) in [6.45, 7) is 0. The second kappa shape index (κ2) is 8.94. The van der Waals surface area contributed by atoms with E-state index in [1.54, 1.807) is 0 Å². The number of allylic oxidation sites excluding steroid dienone is 2. The molecular formula is C38H26N6. The van der Waals surface area contributed by atoms with E-state index in [1.807, 2.05) is 12.1 Å². The monoisotopic (exact) mass is 566 g/mol. The van der Waals surface area contributed by atoms with Crippen molar-refractivity contribution in [2.75, 3.05) is 0 Å². The van der Waals surface area contributed by atoms with Gasteiger partial charge >= 0.3 is 0 Å². The quantitative estimate of drug-likeness (QED) is 0.217. The molecule has 6 heterocycles. The van der Waals surface area contributed by atoms with Crippen LogP contribution in [0, 0.1) is 0 Å². The lowest BCUT2D eigenvalue weighted by Gasteiger charge is -2.05. The van der Waals surface area contributed by atoms with Gasteiger partial charge in [0.2, 0.25) is 0 Å². The third-order valence-electron chi connectivity index (χ3n) is 9.25. The molecule has 0 unspecified atom stereocenters. The number of benzene rings is 4. The topological polar surface area (TPSA) is 60.4 Å². The van der Waals surface area contributed by atoms with E-state index in [-0.39, 0.29) is 0 Å². The molecule has 6 heteroatoms. The van der Waals surface area contributed by atoms with Crippen LogP contribution in [0.25, 0.3) is 45.7 Å².